The molecule has 1 aromatic carbocycles. The zero-order valence-electron chi connectivity index (χ0n) is 11.2. The molecule has 0 amide bonds. The molecule has 0 aliphatic carbocycles. The second-order valence-electron chi connectivity index (χ2n) is 4.90. The van der Waals surface area contributed by atoms with Crippen LogP contribution in [0.4, 0.5) is 0 Å². The van der Waals surface area contributed by atoms with Crippen LogP contribution >= 0.6 is 11.6 Å². The van der Waals surface area contributed by atoms with Crippen LogP contribution in [0.1, 0.15) is 12.1 Å². The standard InChI is InChI=1S/C15H15ClN2O2/c1-20-15(19)11-7-8-18-12(9-11)13(16)17-14(18)10-5-3-2-4-6-10/h2-6,11H,7-9H2,1H3. The Bertz CT molecular complexity index is 637. The van der Waals surface area contributed by atoms with E-state index >= 15 is 0 Å². The maximum Gasteiger partial charge on any atom is 0.309 e. The topological polar surface area (TPSA) is 44.1 Å². The lowest BCUT2D eigenvalue weighted by Crippen LogP contribution is -2.26. The van der Waals surface area contributed by atoms with Crippen LogP contribution in [0.5, 0.6) is 0 Å². The van der Waals surface area contributed by atoms with E-state index < -0.39 is 0 Å². The van der Waals surface area contributed by atoms with Gasteiger partial charge in [-0.2, -0.15) is 0 Å². The van der Waals surface area contributed by atoms with Crippen LogP contribution in [-0.2, 0) is 22.5 Å². The van der Waals surface area contributed by atoms with Crippen molar-refractivity contribution < 1.29 is 9.53 Å². The van der Waals surface area contributed by atoms with Gasteiger partial charge in [0.15, 0.2) is 5.15 Å². The van der Waals surface area contributed by atoms with Crippen LogP contribution in [0.2, 0.25) is 5.15 Å². The number of carbonyl (C=O) groups excluding carboxylic acids is 1. The Morgan fingerprint density at radius 2 is 2.15 bits per heavy atom. The number of carbonyl (C=O) groups is 1. The van der Waals surface area contributed by atoms with E-state index in [0.717, 1.165) is 30.0 Å². The maximum absolute atomic E-state index is 11.7. The summed E-state index contributed by atoms with van der Waals surface area (Å²) in [7, 11) is 1.42. The Balaban J connectivity index is 1.98. The van der Waals surface area contributed by atoms with Gasteiger partial charge in [-0.15, -0.1) is 0 Å². The lowest BCUT2D eigenvalue weighted by molar-refractivity contribution is -0.146. The fraction of sp³-hybridized carbons (Fsp3) is 0.333. The molecule has 0 saturated carbocycles. The molecule has 1 aliphatic rings. The van der Waals surface area contributed by atoms with E-state index in [4.69, 9.17) is 16.3 Å². The fourth-order valence-corrected chi connectivity index (χ4v) is 2.95. The molecule has 0 bridgehead atoms. The molecule has 0 N–H and O–H groups in total. The summed E-state index contributed by atoms with van der Waals surface area (Å²) in [5.74, 6) is 0.578. The van der Waals surface area contributed by atoms with E-state index in [-0.39, 0.29) is 11.9 Å². The Labute approximate surface area is 122 Å². The summed E-state index contributed by atoms with van der Waals surface area (Å²) in [5.41, 5.74) is 1.96. The number of hydrogen-bond acceptors (Lipinski definition) is 3. The number of hydrogen-bond donors (Lipinski definition) is 0. The van der Waals surface area contributed by atoms with Crippen LogP contribution in [0, 0.1) is 5.92 Å². The highest BCUT2D eigenvalue weighted by Crippen LogP contribution is 2.32. The van der Waals surface area contributed by atoms with E-state index in [1.165, 1.54) is 7.11 Å². The zero-order valence-corrected chi connectivity index (χ0v) is 11.9. The lowest BCUT2D eigenvalue weighted by Gasteiger charge is -2.23. The molecule has 1 atom stereocenters. The summed E-state index contributed by atoms with van der Waals surface area (Å²) in [6.45, 7) is 0.735. The molecule has 104 valence electrons. The molecule has 2 heterocycles. The predicted molar refractivity (Wildman–Crippen MR) is 76.5 cm³/mol. The molecule has 1 unspecified atom stereocenters. The van der Waals surface area contributed by atoms with E-state index in [2.05, 4.69) is 9.55 Å². The molecule has 3 rings (SSSR count). The van der Waals surface area contributed by atoms with Crippen molar-refractivity contribution in [3.05, 3.63) is 41.2 Å². The minimum absolute atomic E-state index is 0.120. The third-order valence-electron chi connectivity index (χ3n) is 3.73. The lowest BCUT2D eigenvalue weighted by atomic mass is 9.96. The minimum atomic E-state index is -0.172. The van der Waals surface area contributed by atoms with Crippen molar-refractivity contribution in [1.29, 1.82) is 0 Å². The summed E-state index contributed by atoms with van der Waals surface area (Å²) in [6, 6.07) is 9.95. The predicted octanol–water partition coefficient (Wildman–Crippen LogP) is 2.94. The quantitative estimate of drug-likeness (QED) is 0.799. The van der Waals surface area contributed by atoms with Crippen molar-refractivity contribution in [3.63, 3.8) is 0 Å². The number of nitrogens with zero attached hydrogens (tertiary/aromatic N) is 2. The SMILES string of the molecule is COC(=O)C1CCn2c(-c3ccccc3)nc(Cl)c2C1. The summed E-state index contributed by atoms with van der Waals surface area (Å²) >= 11 is 6.24. The van der Waals surface area contributed by atoms with E-state index in [1.54, 1.807) is 0 Å². The van der Waals surface area contributed by atoms with Gasteiger partial charge in [-0.05, 0) is 6.42 Å². The number of ether oxygens (including phenoxy) is 1. The van der Waals surface area contributed by atoms with Gasteiger partial charge in [0, 0.05) is 18.5 Å². The summed E-state index contributed by atoms with van der Waals surface area (Å²) < 4.78 is 6.93. The molecule has 0 spiro atoms. The third-order valence-corrected chi connectivity index (χ3v) is 4.03. The van der Waals surface area contributed by atoms with E-state index in [0.29, 0.717) is 11.6 Å². The highest BCUT2D eigenvalue weighted by Gasteiger charge is 2.29. The first-order valence-corrected chi connectivity index (χ1v) is 6.96. The number of rotatable bonds is 2. The number of fused-ring (bicyclic) bond motifs is 1. The summed E-state index contributed by atoms with van der Waals surface area (Å²) in [6.07, 6.45) is 1.34. The van der Waals surface area contributed by atoms with Crippen LogP contribution < -0.4 is 0 Å². The van der Waals surface area contributed by atoms with Gasteiger partial charge in [-0.1, -0.05) is 41.9 Å². The second kappa shape index (κ2) is 5.29. The Kier molecular flexibility index (Phi) is 3.49. The van der Waals surface area contributed by atoms with Gasteiger partial charge in [0.1, 0.15) is 5.82 Å². The number of aromatic nitrogens is 2. The maximum atomic E-state index is 11.7. The van der Waals surface area contributed by atoms with Crippen LogP contribution in [0.15, 0.2) is 30.3 Å². The van der Waals surface area contributed by atoms with Gasteiger partial charge in [0.05, 0.1) is 18.7 Å². The molecule has 0 fully saturated rings. The minimum Gasteiger partial charge on any atom is -0.469 e. The molecule has 2 aromatic rings. The van der Waals surface area contributed by atoms with Gasteiger partial charge in [0.2, 0.25) is 0 Å². The van der Waals surface area contributed by atoms with Crippen LogP contribution in [0.3, 0.4) is 0 Å². The molecule has 0 radical (unpaired) electrons. The van der Waals surface area contributed by atoms with Crippen molar-refractivity contribution in [2.75, 3.05) is 7.11 Å². The molecule has 20 heavy (non-hydrogen) atoms. The average Bonchev–Trinajstić information content (AvgIpc) is 2.84. The average molecular weight is 291 g/mol. The van der Waals surface area contributed by atoms with Crippen molar-refractivity contribution in [1.82, 2.24) is 9.55 Å². The molecule has 1 aliphatic heterocycles. The van der Waals surface area contributed by atoms with Crippen molar-refractivity contribution in [2.45, 2.75) is 19.4 Å². The zero-order chi connectivity index (χ0) is 14.1. The Morgan fingerprint density at radius 1 is 1.40 bits per heavy atom. The van der Waals surface area contributed by atoms with E-state index in [1.807, 2.05) is 30.3 Å². The molecule has 0 saturated heterocycles. The number of methoxy groups -OCH3 is 1. The second-order valence-corrected chi connectivity index (χ2v) is 5.26. The van der Waals surface area contributed by atoms with Gasteiger partial charge < -0.3 is 9.30 Å². The van der Waals surface area contributed by atoms with Crippen molar-refractivity contribution >= 4 is 17.6 Å². The first-order chi connectivity index (χ1) is 9.70. The first kappa shape index (κ1) is 13.2. The molecular weight excluding hydrogens is 276 g/mol. The first-order valence-electron chi connectivity index (χ1n) is 6.59. The Hall–Kier alpha value is -1.81. The molecular formula is C15H15ClN2O2. The van der Waals surface area contributed by atoms with Gasteiger partial charge in [-0.3, -0.25) is 4.79 Å². The molecule has 5 heteroatoms. The monoisotopic (exact) mass is 290 g/mol. The van der Waals surface area contributed by atoms with Gasteiger partial charge in [-0.25, -0.2) is 4.98 Å². The number of benzene rings is 1. The summed E-state index contributed by atoms with van der Waals surface area (Å²) in [5, 5.41) is 0.484. The highest BCUT2D eigenvalue weighted by molar-refractivity contribution is 6.30. The number of halogens is 1. The van der Waals surface area contributed by atoms with Gasteiger partial charge in [0.25, 0.3) is 0 Å². The van der Waals surface area contributed by atoms with E-state index in [9.17, 15) is 4.79 Å². The van der Waals surface area contributed by atoms with Crippen molar-refractivity contribution in [3.8, 4) is 11.4 Å². The van der Waals surface area contributed by atoms with Gasteiger partial charge >= 0.3 is 5.97 Å². The smallest absolute Gasteiger partial charge is 0.309 e. The van der Waals surface area contributed by atoms with Crippen molar-refractivity contribution in [2.24, 2.45) is 5.92 Å². The Morgan fingerprint density at radius 3 is 2.85 bits per heavy atom. The number of esters is 1. The van der Waals surface area contributed by atoms with Crippen LogP contribution in [0.25, 0.3) is 11.4 Å². The number of imidazole rings is 1. The highest BCUT2D eigenvalue weighted by atomic mass is 35.5. The largest absolute Gasteiger partial charge is 0.469 e. The summed E-state index contributed by atoms with van der Waals surface area (Å²) in [4.78, 5) is 16.1. The molecule has 1 aromatic heterocycles. The normalized spacial score (nSPS) is 17.6. The third kappa shape index (κ3) is 2.20. The molecule has 4 nitrogen and oxygen atoms in total. The fourth-order valence-electron chi connectivity index (χ4n) is 2.69. The van der Waals surface area contributed by atoms with Crippen LogP contribution in [-0.4, -0.2) is 22.6 Å².